The van der Waals surface area contributed by atoms with Crippen LogP contribution in [0.5, 0.6) is 5.75 Å². The van der Waals surface area contributed by atoms with E-state index in [0.717, 1.165) is 18.5 Å². The van der Waals surface area contributed by atoms with Crippen molar-refractivity contribution in [3.8, 4) is 5.75 Å². The van der Waals surface area contributed by atoms with E-state index in [1.54, 1.807) is 0 Å². The summed E-state index contributed by atoms with van der Waals surface area (Å²) in [4.78, 5) is 15.0. The van der Waals surface area contributed by atoms with Crippen molar-refractivity contribution in [3.63, 3.8) is 0 Å². The van der Waals surface area contributed by atoms with Crippen LogP contribution in [0.4, 0.5) is 0 Å². The number of aromatic carboxylic acids is 1. The molecule has 0 saturated carbocycles. The molecule has 0 amide bonds. The Bertz CT molecular complexity index is 606. The number of aromatic nitrogens is 3. The molecule has 0 fully saturated rings. The zero-order chi connectivity index (χ0) is 15.2. The van der Waals surface area contributed by atoms with Gasteiger partial charge in [-0.15, -0.1) is 0 Å². The molecule has 0 atom stereocenters. The first-order chi connectivity index (χ1) is 10.2. The molecule has 112 valence electrons. The Labute approximate surface area is 123 Å². The van der Waals surface area contributed by atoms with Crippen LogP contribution >= 0.6 is 0 Å². The molecule has 6 heteroatoms. The van der Waals surface area contributed by atoms with Gasteiger partial charge in [-0.05, 0) is 25.0 Å². The van der Waals surface area contributed by atoms with Crippen LogP contribution in [-0.2, 0) is 6.61 Å². The lowest BCUT2D eigenvalue weighted by atomic mass is 10.2. The van der Waals surface area contributed by atoms with Crippen molar-refractivity contribution >= 4 is 5.97 Å². The van der Waals surface area contributed by atoms with Crippen molar-refractivity contribution < 1.29 is 14.6 Å². The minimum Gasteiger partial charge on any atom is -0.485 e. The molecular weight excluding hydrogens is 270 g/mol. The summed E-state index contributed by atoms with van der Waals surface area (Å²) in [6, 6.07) is 3.68. The van der Waals surface area contributed by atoms with E-state index in [4.69, 9.17) is 9.84 Å². The van der Waals surface area contributed by atoms with Crippen LogP contribution in [0, 0.1) is 0 Å². The molecule has 0 saturated heterocycles. The number of carboxylic acid groups (broad SMARTS) is 1. The van der Waals surface area contributed by atoms with Crippen molar-refractivity contribution in [3.05, 3.63) is 42.0 Å². The SMILES string of the molecule is CCC(CC)n1ccc(COc2cnccc2C(=O)O)n1. The zero-order valence-corrected chi connectivity index (χ0v) is 12.2. The summed E-state index contributed by atoms with van der Waals surface area (Å²) in [5.41, 5.74) is 0.867. The molecule has 6 nitrogen and oxygen atoms in total. The third-order valence-electron chi connectivity index (χ3n) is 3.37. The lowest BCUT2D eigenvalue weighted by Crippen LogP contribution is -2.09. The van der Waals surface area contributed by atoms with Gasteiger partial charge >= 0.3 is 5.97 Å². The van der Waals surface area contributed by atoms with E-state index in [1.807, 2.05) is 16.9 Å². The molecule has 0 unspecified atom stereocenters. The summed E-state index contributed by atoms with van der Waals surface area (Å²) < 4.78 is 7.46. The molecule has 2 aromatic heterocycles. The normalized spacial score (nSPS) is 10.8. The molecule has 2 heterocycles. The van der Waals surface area contributed by atoms with E-state index < -0.39 is 5.97 Å². The van der Waals surface area contributed by atoms with Gasteiger partial charge in [0.25, 0.3) is 0 Å². The molecular formula is C15H19N3O3. The van der Waals surface area contributed by atoms with E-state index in [9.17, 15) is 4.79 Å². The molecule has 0 bridgehead atoms. The minimum absolute atomic E-state index is 0.101. The van der Waals surface area contributed by atoms with Crippen LogP contribution in [0.1, 0.15) is 48.8 Å². The molecule has 0 aliphatic carbocycles. The molecule has 2 rings (SSSR count). The van der Waals surface area contributed by atoms with Gasteiger partial charge < -0.3 is 9.84 Å². The maximum absolute atomic E-state index is 11.1. The fraction of sp³-hybridized carbons (Fsp3) is 0.400. The summed E-state index contributed by atoms with van der Waals surface area (Å²) in [5, 5.41) is 13.5. The van der Waals surface area contributed by atoms with Crippen LogP contribution in [0.2, 0.25) is 0 Å². The zero-order valence-electron chi connectivity index (χ0n) is 12.2. The largest absolute Gasteiger partial charge is 0.485 e. The van der Waals surface area contributed by atoms with E-state index in [-0.39, 0.29) is 17.9 Å². The second-order valence-electron chi connectivity index (χ2n) is 4.72. The van der Waals surface area contributed by atoms with Crippen molar-refractivity contribution in [1.82, 2.24) is 14.8 Å². The molecule has 0 aromatic carbocycles. The fourth-order valence-electron chi connectivity index (χ4n) is 2.14. The average Bonchev–Trinajstić information content (AvgIpc) is 2.95. The first kappa shape index (κ1) is 15.0. The maximum Gasteiger partial charge on any atom is 0.339 e. The van der Waals surface area contributed by atoms with Crippen LogP contribution in [0.3, 0.4) is 0 Å². The van der Waals surface area contributed by atoms with Crippen molar-refractivity contribution in [2.24, 2.45) is 0 Å². The first-order valence-corrected chi connectivity index (χ1v) is 6.99. The Kier molecular flexibility index (Phi) is 4.92. The molecule has 1 N–H and O–H groups in total. The highest BCUT2D eigenvalue weighted by Crippen LogP contribution is 2.18. The molecule has 0 aliphatic rings. The van der Waals surface area contributed by atoms with Crippen molar-refractivity contribution in [2.75, 3.05) is 0 Å². The number of ether oxygens (including phenoxy) is 1. The lowest BCUT2D eigenvalue weighted by Gasteiger charge is -2.12. The van der Waals surface area contributed by atoms with Gasteiger partial charge in [-0.3, -0.25) is 9.67 Å². The van der Waals surface area contributed by atoms with Gasteiger partial charge in [-0.2, -0.15) is 5.10 Å². The quantitative estimate of drug-likeness (QED) is 0.848. The maximum atomic E-state index is 11.1. The average molecular weight is 289 g/mol. The number of hydrogen-bond acceptors (Lipinski definition) is 4. The summed E-state index contributed by atoms with van der Waals surface area (Å²) in [5.74, 6) is -0.781. The molecule has 0 radical (unpaired) electrons. The highest BCUT2D eigenvalue weighted by atomic mass is 16.5. The van der Waals surface area contributed by atoms with Crippen LogP contribution in [-0.4, -0.2) is 25.8 Å². The Morgan fingerprint density at radius 2 is 2.14 bits per heavy atom. The predicted molar refractivity (Wildman–Crippen MR) is 77.4 cm³/mol. The van der Waals surface area contributed by atoms with E-state index >= 15 is 0 Å². The van der Waals surface area contributed by atoms with Crippen molar-refractivity contribution in [2.45, 2.75) is 39.3 Å². The summed E-state index contributed by atoms with van der Waals surface area (Å²) in [7, 11) is 0. The summed E-state index contributed by atoms with van der Waals surface area (Å²) >= 11 is 0. The van der Waals surface area contributed by atoms with Crippen LogP contribution in [0.25, 0.3) is 0 Å². The third-order valence-corrected chi connectivity index (χ3v) is 3.37. The highest BCUT2D eigenvalue weighted by Gasteiger charge is 2.12. The molecule has 2 aromatic rings. The Morgan fingerprint density at radius 3 is 2.81 bits per heavy atom. The van der Waals surface area contributed by atoms with Gasteiger partial charge in [0.05, 0.1) is 17.9 Å². The third kappa shape index (κ3) is 3.59. The van der Waals surface area contributed by atoms with E-state index in [0.29, 0.717) is 6.04 Å². The van der Waals surface area contributed by atoms with E-state index in [2.05, 4.69) is 23.9 Å². The number of rotatable bonds is 7. The molecule has 21 heavy (non-hydrogen) atoms. The van der Waals surface area contributed by atoms with Gasteiger partial charge in [-0.25, -0.2) is 4.79 Å². The number of carbonyl (C=O) groups is 1. The number of nitrogens with zero attached hydrogens (tertiary/aromatic N) is 3. The number of carboxylic acids is 1. The Morgan fingerprint density at radius 1 is 1.38 bits per heavy atom. The Balaban J connectivity index is 2.05. The second kappa shape index (κ2) is 6.88. The van der Waals surface area contributed by atoms with Crippen LogP contribution < -0.4 is 4.74 Å². The smallest absolute Gasteiger partial charge is 0.339 e. The minimum atomic E-state index is -1.03. The van der Waals surface area contributed by atoms with Gasteiger partial charge in [0.2, 0.25) is 0 Å². The lowest BCUT2D eigenvalue weighted by molar-refractivity contribution is 0.0691. The van der Waals surface area contributed by atoms with E-state index in [1.165, 1.54) is 18.5 Å². The van der Waals surface area contributed by atoms with Gasteiger partial charge in [0.1, 0.15) is 12.2 Å². The highest BCUT2D eigenvalue weighted by molar-refractivity contribution is 5.90. The fourth-order valence-corrected chi connectivity index (χ4v) is 2.14. The van der Waals surface area contributed by atoms with Gasteiger partial charge in [0, 0.05) is 12.4 Å². The topological polar surface area (TPSA) is 77.2 Å². The number of hydrogen-bond donors (Lipinski definition) is 1. The van der Waals surface area contributed by atoms with Crippen molar-refractivity contribution in [1.29, 1.82) is 0 Å². The first-order valence-electron chi connectivity index (χ1n) is 6.99. The summed E-state index contributed by atoms with van der Waals surface area (Å²) in [6.07, 6.45) is 6.80. The Hall–Kier alpha value is -2.37. The number of pyridine rings is 1. The monoisotopic (exact) mass is 289 g/mol. The van der Waals surface area contributed by atoms with Crippen LogP contribution in [0.15, 0.2) is 30.7 Å². The second-order valence-corrected chi connectivity index (χ2v) is 4.72. The standard InChI is InChI=1S/C15H19N3O3/c1-3-12(4-2)18-8-6-11(17-18)10-21-14-9-16-7-5-13(14)15(19)20/h5-9,12H,3-4,10H2,1-2H3,(H,19,20). The molecule has 0 aliphatic heterocycles. The molecule has 0 spiro atoms. The van der Waals surface area contributed by atoms with Gasteiger partial charge in [-0.1, -0.05) is 13.8 Å². The predicted octanol–water partition coefficient (Wildman–Crippen LogP) is 2.92. The summed E-state index contributed by atoms with van der Waals surface area (Å²) in [6.45, 7) is 4.47. The van der Waals surface area contributed by atoms with Gasteiger partial charge in [0.15, 0.2) is 5.75 Å².